The quantitative estimate of drug-likeness (QED) is 0.596. The number of primary amides is 1. The molecular formula is C12H15N3O5. The molecule has 0 aliphatic carbocycles. The van der Waals surface area contributed by atoms with E-state index in [0.717, 1.165) is 0 Å². The first kappa shape index (κ1) is 15.3. The van der Waals surface area contributed by atoms with Crippen LogP contribution in [-0.2, 0) is 4.74 Å². The molecule has 1 aromatic carbocycles. The summed E-state index contributed by atoms with van der Waals surface area (Å²) < 4.78 is 4.43. The number of rotatable bonds is 5. The minimum Gasteiger partial charge on any atom is -0.478 e. The molecule has 0 aliphatic heterocycles. The second kappa shape index (κ2) is 6.98. The number of carbonyl (C=O) groups excluding carboxylic acids is 2. The van der Waals surface area contributed by atoms with Gasteiger partial charge < -0.3 is 26.2 Å². The van der Waals surface area contributed by atoms with Crippen molar-refractivity contribution >= 4 is 23.8 Å². The molecule has 0 bridgehead atoms. The molecule has 3 amide bonds. The number of carbonyl (C=O) groups is 3. The zero-order valence-electron chi connectivity index (χ0n) is 10.8. The second-order valence-corrected chi connectivity index (χ2v) is 3.88. The molecule has 0 heterocycles. The van der Waals surface area contributed by atoms with Gasteiger partial charge in [-0.3, -0.25) is 0 Å². The zero-order chi connectivity index (χ0) is 15.1. The number of urea groups is 1. The average molecular weight is 281 g/mol. The van der Waals surface area contributed by atoms with Crippen LogP contribution < -0.4 is 16.4 Å². The maximum atomic E-state index is 11.5. The Morgan fingerprint density at radius 1 is 1.35 bits per heavy atom. The van der Waals surface area contributed by atoms with E-state index in [-0.39, 0.29) is 18.7 Å². The average Bonchev–Trinajstić information content (AvgIpc) is 2.36. The number of hydrogen-bond donors (Lipinski definition) is 4. The van der Waals surface area contributed by atoms with Gasteiger partial charge in [-0.2, -0.15) is 0 Å². The highest BCUT2D eigenvalue weighted by Crippen LogP contribution is 2.15. The molecule has 5 N–H and O–H groups in total. The van der Waals surface area contributed by atoms with Crippen LogP contribution in [0.25, 0.3) is 0 Å². The van der Waals surface area contributed by atoms with E-state index in [1.165, 1.54) is 6.07 Å². The summed E-state index contributed by atoms with van der Waals surface area (Å²) in [4.78, 5) is 32.7. The Hall–Kier alpha value is -2.77. The Morgan fingerprint density at radius 3 is 2.65 bits per heavy atom. The van der Waals surface area contributed by atoms with Gasteiger partial charge in [0.2, 0.25) is 0 Å². The van der Waals surface area contributed by atoms with Crippen LogP contribution in [0.4, 0.5) is 15.3 Å². The number of ether oxygens (including phenoxy) is 1. The van der Waals surface area contributed by atoms with Gasteiger partial charge in [-0.15, -0.1) is 0 Å². The van der Waals surface area contributed by atoms with Crippen molar-refractivity contribution in [1.29, 1.82) is 0 Å². The topological polar surface area (TPSA) is 131 Å². The summed E-state index contributed by atoms with van der Waals surface area (Å²) >= 11 is 0. The third kappa shape index (κ3) is 4.84. The SMILES string of the molecule is Cc1ccc(NC(=O)NCCOC(N)=O)cc1C(=O)O. The Labute approximate surface area is 114 Å². The van der Waals surface area contributed by atoms with Gasteiger partial charge in [-0.1, -0.05) is 6.07 Å². The highest BCUT2D eigenvalue weighted by Gasteiger charge is 2.09. The van der Waals surface area contributed by atoms with Gasteiger partial charge >= 0.3 is 18.1 Å². The number of aryl methyl sites for hydroxylation is 1. The molecule has 20 heavy (non-hydrogen) atoms. The van der Waals surface area contributed by atoms with Crippen LogP contribution >= 0.6 is 0 Å². The first-order chi connectivity index (χ1) is 9.40. The predicted octanol–water partition coefficient (Wildman–Crippen LogP) is 0.910. The molecule has 1 aromatic rings. The van der Waals surface area contributed by atoms with Gasteiger partial charge in [0.15, 0.2) is 0 Å². The first-order valence-electron chi connectivity index (χ1n) is 5.71. The smallest absolute Gasteiger partial charge is 0.404 e. The van der Waals surface area contributed by atoms with E-state index < -0.39 is 18.1 Å². The maximum Gasteiger partial charge on any atom is 0.404 e. The molecule has 1 rings (SSSR count). The molecule has 0 saturated carbocycles. The Morgan fingerprint density at radius 2 is 2.05 bits per heavy atom. The number of nitrogens with one attached hydrogen (secondary N) is 2. The molecule has 0 unspecified atom stereocenters. The maximum absolute atomic E-state index is 11.5. The van der Waals surface area contributed by atoms with E-state index in [1.54, 1.807) is 19.1 Å². The molecular weight excluding hydrogens is 266 g/mol. The van der Waals surface area contributed by atoms with Crippen LogP contribution in [0, 0.1) is 6.92 Å². The minimum absolute atomic E-state index is 0.0446. The summed E-state index contributed by atoms with van der Waals surface area (Å²) in [5, 5.41) is 13.8. The number of benzene rings is 1. The first-order valence-corrected chi connectivity index (χ1v) is 5.71. The number of anilines is 1. The Bertz CT molecular complexity index is 530. The van der Waals surface area contributed by atoms with E-state index in [2.05, 4.69) is 15.4 Å². The molecule has 8 heteroatoms. The van der Waals surface area contributed by atoms with Crippen molar-refractivity contribution in [2.75, 3.05) is 18.5 Å². The lowest BCUT2D eigenvalue weighted by molar-refractivity contribution is 0.0696. The highest BCUT2D eigenvalue weighted by atomic mass is 16.5. The number of carboxylic acids is 1. The lowest BCUT2D eigenvalue weighted by atomic mass is 10.1. The molecule has 108 valence electrons. The van der Waals surface area contributed by atoms with Crippen LogP contribution in [0.2, 0.25) is 0 Å². The van der Waals surface area contributed by atoms with Gasteiger partial charge in [0, 0.05) is 5.69 Å². The molecule has 0 saturated heterocycles. The standard InChI is InChI=1S/C12H15N3O5/c1-7-2-3-8(6-9(7)10(16)17)15-12(19)14-4-5-20-11(13)18/h2-3,6H,4-5H2,1H3,(H2,13,18)(H,16,17)(H2,14,15,19). The molecule has 0 radical (unpaired) electrons. The van der Waals surface area contributed by atoms with Crippen molar-refractivity contribution in [3.63, 3.8) is 0 Å². The summed E-state index contributed by atoms with van der Waals surface area (Å²) in [6, 6.07) is 3.99. The van der Waals surface area contributed by atoms with E-state index >= 15 is 0 Å². The normalized spacial score (nSPS) is 9.65. The fourth-order valence-electron chi connectivity index (χ4n) is 1.42. The molecule has 0 fully saturated rings. The lowest BCUT2D eigenvalue weighted by Crippen LogP contribution is -2.32. The van der Waals surface area contributed by atoms with Crippen molar-refractivity contribution in [3.8, 4) is 0 Å². The Kier molecular flexibility index (Phi) is 5.33. The predicted molar refractivity (Wildman–Crippen MR) is 70.7 cm³/mol. The largest absolute Gasteiger partial charge is 0.478 e. The second-order valence-electron chi connectivity index (χ2n) is 3.88. The number of carboxylic acid groups (broad SMARTS) is 1. The van der Waals surface area contributed by atoms with Gasteiger partial charge in [0.25, 0.3) is 0 Å². The van der Waals surface area contributed by atoms with Crippen LogP contribution in [0.3, 0.4) is 0 Å². The Balaban J connectivity index is 2.52. The van der Waals surface area contributed by atoms with E-state index in [1.807, 2.05) is 0 Å². The van der Waals surface area contributed by atoms with Crippen molar-refractivity contribution in [2.45, 2.75) is 6.92 Å². The molecule has 0 atom stereocenters. The number of aromatic carboxylic acids is 1. The zero-order valence-corrected chi connectivity index (χ0v) is 10.8. The van der Waals surface area contributed by atoms with Crippen molar-refractivity contribution in [2.24, 2.45) is 5.73 Å². The third-order valence-corrected chi connectivity index (χ3v) is 2.36. The molecule has 0 aromatic heterocycles. The van der Waals surface area contributed by atoms with Gasteiger partial charge in [-0.25, -0.2) is 14.4 Å². The van der Waals surface area contributed by atoms with Crippen LogP contribution in [0.15, 0.2) is 18.2 Å². The summed E-state index contributed by atoms with van der Waals surface area (Å²) in [7, 11) is 0. The van der Waals surface area contributed by atoms with E-state index in [0.29, 0.717) is 11.3 Å². The van der Waals surface area contributed by atoms with Crippen LogP contribution in [0.1, 0.15) is 15.9 Å². The number of amides is 3. The number of nitrogens with two attached hydrogens (primary N) is 1. The van der Waals surface area contributed by atoms with E-state index in [9.17, 15) is 14.4 Å². The summed E-state index contributed by atoms with van der Waals surface area (Å²) in [5.74, 6) is -1.07. The highest BCUT2D eigenvalue weighted by molar-refractivity contribution is 5.94. The van der Waals surface area contributed by atoms with Crippen LogP contribution in [-0.4, -0.2) is 36.4 Å². The van der Waals surface area contributed by atoms with Crippen molar-refractivity contribution < 1.29 is 24.2 Å². The van der Waals surface area contributed by atoms with Crippen LogP contribution in [0.5, 0.6) is 0 Å². The van der Waals surface area contributed by atoms with Gasteiger partial charge in [-0.05, 0) is 24.6 Å². The molecule has 0 spiro atoms. The summed E-state index contributed by atoms with van der Waals surface area (Å²) in [6.07, 6.45) is -0.920. The van der Waals surface area contributed by atoms with E-state index in [4.69, 9.17) is 10.8 Å². The molecule has 0 aliphatic rings. The molecule has 8 nitrogen and oxygen atoms in total. The number of hydrogen-bond acceptors (Lipinski definition) is 4. The van der Waals surface area contributed by atoms with Crippen molar-refractivity contribution in [3.05, 3.63) is 29.3 Å². The fourth-order valence-corrected chi connectivity index (χ4v) is 1.42. The summed E-state index contributed by atoms with van der Waals surface area (Å²) in [5.41, 5.74) is 5.80. The summed E-state index contributed by atoms with van der Waals surface area (Å²) in [6.45, 7) is 1.71. The van der Waals surface area contributed by atoms with Gasteiger partial charge in [0.1, 0.15) is 6.61 Å². The van der Waals surface area contributed by atoms with Crippen molar-refractivity contribution in [1.82, 2.24) is 5.32 Å². The van der Waals surface area contributed by atoms with Gasteiger partial charge in [0.05, 0.1) is 12.1 Å². The fraction of sp³-hybridized carbons (Fsp3) is 0.250. The third-order valence-electron chi connectivity index (χ3n) is 2.36. The minimum atomic E-state index is -1.07. The lowest BCUT2D eigenvalue weighted by Gasteiger charge is -2.09. The monoisotopic (exact) mass is 281 g/mol.